The van der Waals surface area contributed by atoms with E-state index in [1.54, 1.807) is 7.11 Å². The second-order valence-corrected chi connectivity index (χ2v) is 15.5. The number of likely N-dealkylation sites (tertiary alicyclic amines) is 1. The monoisotopic (exact) mass is 732 g/mol. The van der Waals surface area contributed by atoms with Crippen LogP contribution in [0.25, 0.3) is 5.76 Å². The molecule has 1 aromatic heterocycles. The van der Waals surface area contributed by atoms with Crippen LogP contribution in [0.3, 0.4) is 0 Å². The summed E-state index contributed by atoms with van der Waals surface area (Å²) in [6.07, 6.45) is 4.60. The Hall–Kier alpha value is -4.93. The van der Waals surface area contributed by atoms with Crippen molar-refractivity contribution in [3.05, 3.63) is 111 Å². The summed E-state index contributed by atoms with van der Waals surface area (Å²) in [5, 5.41) is 29.1. The van der Waals surface area contributed by atoms with E-state index in [0.717, 1.165) is 48.3 Å². The molecule has 8 rings (SSSR count). The number of fused-ring (bicyclic) bond motifs is 4. The van der Waals surface area contributed by atoms with Gasteiger partial charge in [0.2, 0.25) is 11.6 Å². The largest absolute Gasteiger partial charge is 0.507 e. The highest BCUT2D eigenvalue weighted by atomic mass is 16.5. The quantitative estimate of drug-likeness (QED) is 0.144. The zero-order valence-electron chi connectivity index (χ0n) is 31.2. The molecule has 10 nitrogen and oxygen atoms in total. The number of ether oxygens (including phenoxy) is 3. The van der Waals surface area contributed by atoms with E-state index in [2.05, 4.69) is 10.1 Å². The van der Waals surface area contributed by atoms with E-state index in [1.807, 2.05) is 80.6 Å². The van der Waals surface area contributed by atoms with Crippen molar-refractivity contribution in [1.82, 2.24) is 10.1 Å². The van der Waals surface area contributed by atoms with Crippen LogP contribution in [0.1, 0.15) is 89.4 Å². The van der Waals surface area contributed by atoms with E-state index in [-0.39, 0.29) is 48.3 Å². The number of rotatable bonds is 12. The van der Waals surface area contributed by atoms with Crippen LogP contribution in [0.5, 0.6) is 17.4 Å². The first-order valence-electron chi connectivity index (χ1n) is 19.2. The lowest BCUT2D eigenvalue weighted by Gasteiger charge is -2.49. The number of aryl methyl sites for hydroxylation is 1. The maximum absolute atomic E-state index is 14.9. The smallest absolute Gasteiger partial charge is 0.265 e. The van der Waals surface area contributed by atoms with E-state index < -0.39 is 34.9 Å². The van der Waals surface area contributed by atoms with E-state index in [9.17, 15) is 19.8 Å². The minimum atomic E-state index is -2.46. The number of Topliss-reactive ketones (excluding diaryl/α,β-unsaturated/α-hetero) is 2. The van der Waals surface area contributed by atoms with Gasteiger partial charge < -0.3 is 33.8 Å². The van der Waals surface area contributed by atoms with Gasteiger partial charge in [0.15, 0.2) is 11.4 Å². The average Bonchev–Trinajstić information content (AvgIpc) is 3.86. The Bertz CT molecular complexity index is 2070. The van der Waals surface area contributed by atoms with E-state index in [0.29, 0.717) is 35.7 Å². The van der Waals surface area contributed by atoms with Gasteiger partial charge in [0.25, 0.3) is 5.88 Å². The van der Waals surface area contributed by atoms with Gasteiger partial charge in [-0.1, -0.05) is 74.5 Å². The van der Waals surface area contributed by atoms with Crippen LogP contribution in [0, 0.1) is 17.8 Å². The minimum absolute atomic E-state index is 0.0136. The molecule has 1 saturated carbocycles. The number of aromatic nitrogens is 1. The zero-order chi connectivity index (χ0) is 37.6. The lowest BCUT2D eigenvalue weighted by atomic mass is 9.54. The summed E-state index contributed by atoms with van der Waals surface area (Å²) in [5.41, 5.74) is 1.40. The van der Waals surface area contributed by atoms with Crippen LogP contribution in [-0.4, -0.2) is 64.2 Å². The molecule has 2 fully saturated rings. The highest BCUT2D eigenvalue weighted by Crippen LogP contribution is 2.58. The molecule has 1 aliphatic heterocycles. The summed E-state index contributed by atoms with van der Waals surface area (Å²) in [6, 6.07) is 21.3. The highest BCUT2D eigenvalue weighted by Gasteiger charge is 2.65. The van der Waals surface area contributed by atoms with Crippen LogP contribution in [0.4, 0.5) is 0 Å². The molecule has 1 saturated heterocycles. The topological polar surface area (TPSA) is 132 Å². The van der Waals surface area contributed by atoms with Crippen molar-refractivity contribution in [3.8, 4) is 17.4 Å². The maximum atomic E-state index is 14.9. The summed E-state index contributed by atoms with van der Waals surface area (Å²) in [7, 11) is 1.62. The van der Waals surface area contributed by atoms with Gasteiger partial charge in [0, 0.05) is 23.0 Å². The van der Waals surface area contributed by atoms with Crippen molar-refractivity contribution in [1.29, 1.82) is 0 Å². The third-order valence-electron chi connectivity index (χ3n) is 11.9. The van der Waals surface area contributed by atoms with Gasteiger partial charge in [-0.2, -0.15) is 0 Å². The Morgan fingerprint density at radius 1 is 0.944 bits per heavy atom. The van der Waals surface area contributed by atoms with Gasteiger partial charge in [-0.3, -0.25) is 9.59 Å². The number of benzene rings is 3. The Morgan fingerprint density at radius 2 is 1.61 bits per heavy atom. The first kappa shape index (κ1) is 36.1. The highest BCUT2D eigenvalue weighted by molar-refractivity contribution is 6.26. The lowest BCUT2D eigenvalue weighted by molar-refractivity contribution is -0.140. The predicted molar refractivity (Wildman–Crippen MR) is 202 cm³/mol. The molecule has 0 spiro atoms. The molecular formula is C44H48N2O8. The number of hydrogen-bond acceptors (Lipinski definition) is 10. The molecule has 54 heavy (non-hydrogen) atoms. The number of hydrogen-bond donors (Lipinski definition) is 2. The van der Waals surface area contributed by atoms with Crippen molar-refractivity contribution < 1.29 is 38.5 Å². The second kappa shape index (κ2) is 14.7. The molecule has 282 valence electrons. The minimum Gasteiger partial charge on any atom is -0.507 e. The molecule has 4 aliphatic rings. The molecule has 0 bridgehead atoms. The Labute approximate surface area is 315 Å². The molecule has 4 atom stereocenters. The maximum Gasteiger partial charge on any atom is 0.265 e. The van der Waals surface area contributed by atoms with Gasteiger partial charge in [-0.15, -0.1) is 0 Å². The van der Waals surface area contributed by atoms with Gasteiger partial charge >= 0.3 is 0 Å². The van der Waals surface area contributed by atoms with Gasteiger partial charge in [0.05, 0.1) is 12.7 Å². The molecule has 0 unspecified atom stereocenters. The molecule has 0 radical (unpaired) electrons. The van der Waals surface area contributed by atoms with Crippen LogP contribution in [-0.2, 0) is 30.8 Å². The van der Waals surface area contributed by atoms with Crippen LogP contribution in [0.2, 0.25) is 0 Å². The van der Waals surface area contributed by atoms with Crippen molar-refractivity contribution in [2.75, 3.05) is 26.7 Å². The molecule has 3 aliphatic carbocycles. The fourth-order valence-electron chi connectivity index (χ4n) is 9.33. The van der Waals surface area contributed by atoms with Gasteiger partial charge in [-0.05, 0) is 97.9 Å². The number of ketones is 2. The van der Waals surface area contributed by atoms with Crippen molar-refractivity contribution >= 4 is 17.3 Å². The summed E-state index contributed by atoms with van der Waals surface area (Å²) >= 11 is 0. The van der Waals surface area contributed by atoms with Crippen molar-refractivity contribution in [2.24, 2.45) is 17.8 Å². The number of methoxy groups -OCH3 is 1. The van der Waals surface area contributed by atoms with Crippen molar-refractivity contribution in [2.45, 2.75) is 77.1 Å². The number of nitrogens with zero attached hydrogens (tertiary/aromatic N) is 2. The van der Waals surface area contributed by atoms with Gasteiger partial charge in [0.1, 0.15) is 36.0 Å². The fraction of sp³-hybridized carbons (Fsp3) is 0.432. The number of aliphatic hydroxyl groups is 2. The SMILES string of the molecule is COc1cc(CCCN2CCCC2)c(OCc2ccccc2)c2c1C[C@H]1C[C@H]3[C@H](C(C)C)c4onc(OCc5ccccc5)c4C(=O)[C@@]3(O)C(=O)C1=C2O. The summed E-state index contributed by atoms with van der Waals surface area (Å²) in [5.74, 6) is -2.44. The van der Waals surface area contributed by atoms with E-state index in [1.165, 1.54) is 12.8 Å². The Kier molecular flexibility index (Phi) is 9.83. The molecule has 0 amide bonds. The second-order valence-electron chi connectivity index (χ2n) is 15.5. The lowest BCUT2D eigenvalue weighted by Crippen LogP contribution is -2.62. The first-order valence-corrected chi connectivity index (χ1v) is 19.2. The van der Waals surface area contributed by atoms with Crippen LogP contribution < -0.4 is 14.2 Å². The average molecular weight is 733 g/mol. The van der Waals surface area contributed by atoms with E-state index in [4.69, 9.17) is 18.7 Å². The molecule has 2 N–H and O–H groups in total. The van der Waals surface area contributed by atoms with E-state index >= 15 is 0 Å². The summed E-state index contributed by atoms with van der Waals surface area (Å²) < 4.78 is 24.4. The van der Waals surface area contributed by atoms with Crippen LogP contribution in [0.15, 0.2) is 76.8 Å². The standard InChI is InChI=1S/C44H48N2O8/c1-26(2)34-32-22-30-21-31-33(51-3)23-29(17-12-20-46-18-10-11-19-46)39(52-24-27-13-6-4-7-14-27)36(31)38(47)35(30)41(48)44(32,50)42(49)37-40(34)54-45-43(37)53-25-28-15-8-5-9-16-28/h4-9,13-16,23,26,30,32,34,47,50H,10-12,17-22,24-25H2,1-3H3/t30-,32-,34-,44-/m0/s1. The van der Waals surface area contributed by atoms with Crippen molar-refractivity contribution in [3.63, 3.8) is 0 Å². The predicted octanol–water partition coefficient (Wildman–Crippen LogP) is 7.27. The zero-order valence-corrected chi connectivity index (χ0v) is 31.2. The summed E-state index contributed by atoms with van der Waals surface area (Å²) in [6.45, 7) is 7.46. The molecule has 4 aromatic rings. The fourth-order valence-corrected chi connectivity index (χ4v) is 9.33. The molecule has 2 heterocycles. The molecule has 10 heteroatoms. The number of carbonyl (C=O) groups excluding carboxylic acids is 2. The van der Waals surface area contributed by atoms with Crippen LogP contribution >= 0.6 is 0 Å². The first-order chi connectivity index (χ1) is 26.2. The summed E-state index contributed by atoms with van der Waals surface area (Å²) in [4.78, 5) is 32.0. The Balaban J connectivity index is 1.20. The van der Waals surface area contributed by atoms with Gasteiger partial charge in [-0.25, -0.2) is 0 Å². The molecular weight excluding hydrogens is 684 g/mol. The molecule has 3 aromatic carbocycles. The third-order valence-corrected chi connectivity index (χ3v) is 11.9. The normalized spacial score (nSPS) is 23.5. The number of aliphatic hydroxyl groups excluding tert-OH is 1. The Morgan fingerprint density at radius 3 is 2.26 bits per heavy atom. The third kappa shape index (κ3) is 6.19. The number of carbonyl (C=O) groups is 2.